The summed E-state index contributed by atoms with van der Waals surface area (Å²) in [6, 6.07) is 3.77. The fourth-order valence-corrected chi connectivity index (χ4v) is 1.61. The number of hydrogen-bond donors (Lipinski definition) is 2. The van der Waals surface area contributed by atoms with Gasteiger partial charge in [0.25, 0.3) is 0 Å². The topological polar surface area (TPSA) is 66.0 Å². The molecule has 0 saturated carbocycles. The number of nitrogens with two attached hydrogens (primary N) is 1. The van der Waals surface area contributed by atoms with E-state index in [9.17, 15) is 0 Å². The molecule has 0 saturated heterocycles. The Bertz CT molecular complexity index is 379. The Balaban J connectivity index is 2.87. The van der Waals surface area contributed by atoms with E-state index in [1.807, 2.05) is 19.2 Å². The maximum atomic E-state index is 7.35. The summed E-state index contributed by atoms with van der Waals surface area (Å²) in [5.41, 5.74) is 7.21. The summed E-state index contributed by atoms with van der Waals surface area (Å²) in [4.78, 5) is 6.19. The maximum absolute atomic E-state index is 7.35. The minimum absolute atomic E-state index is 0.00556. The third-order valence-electron chi connectivity index (χ3n) is 2.17. The summed E-state index contributed by atoms with van der Waals surface area (Å²) in [7, 11) is 2.03. The number of nitrogens with one attached hydrogen (secondary N) is 1. The van der Waals surface area contributed by atoms with E-state index in [1.54, 1.807) is 6.20 Å². The van der Waals surface area contributed by atoms with Crippen molar-refractivity contribution in [3.05, 3.63) is 24.0 Å². The van der Waals surface area contributed by atoms with Gasteiger partial charge in [-0.25, -0.2) is 0 Å². The first kappa shape index (κ1) is 12.5. The monoisotopic (exact) mass is 220 g/mol. The van der Waals surface area contributed by atoms with E-state index in [4.69, 9.17) is 11.1 Å². The van der Waals surface area contributed by atoms with Crippen LogP contribution in [0.15, 0.2) is 18.3 Å². The predicted octanol–water partition coefficient (Wildman–Crippen LogP) is 1.85. The van der Waals surface area contributed by atoms with Gasteiger partial charge in [0.05, 0.1) is 0 Å². The number of nitrogen functional groups attached to an aromatic ring is 1. The second-order valence-electron chi connectivity index (χ2n) is 5.23. The Morgan fingerprint density at radius 2 is 2.12 bits per heavy atom. The van der Waals surface area contributed by atoms with Crippen LogP contribution in [-0.4, -0.2) is 24.4 Å². The molecule has 0 aromatic carbocycles. The van der Waals surface area contributed by atoms with Crippen LogP contribution in [0.25, 0.3) is 0 Å². The molecule has 0 aliphatic rings. The molecule has 0 aliphatic heterocycles. The van der Waals surface area contributed by atoms with Crippen LogP contribution >= 0.6 is 0 Å². The Hall–Kier alpha value is -1.58. The molecule has 0 unspecified atom stereocenters. The number of nitrogens with zero attached hydrogens (tertiary/aromatic N) is 2. The Kier molecular flexibility index (Phi) is 3.52. The van der Waals surface area contributed by atoms with Gasteiger partial charge in [-0.3, -0.25) is 10.4 Å². The average Bonchev–Trinajstić information content (AvgIpc) is 2.15. The number of anilines is 1. The standard InChI is InChI=1S/C12H20N4/c1-12(2,3)8-16(4)9-5-6-15-10(7-9)11(13)14/h5-7H,8H2,1-4H3,(H3,13,14). The molecule has 0 fully saturated rings. The van der Waals surface area contributed by atoms with Gasteiger partial charge >= 0.3 is 0 Å². The smallest absolute Gasteiger partial charge is 0.141 e. The molecule has 1 aromatic heterocycles. The molecular weight excluding hydrogens is 200 g/mol. The fraction of sp³-hybridized carbons (Fsp3) is 0.500. The lowest BCUT2D eigenvalue weighted by atomic mass is 9.96. The van der Waals surface area contributed by atoms with Crippen molar-refractivity contribution in [3.63, 3.8) is 0 Å². The Morgan fingerprint density at radius 3 is 2.62 bits per heavy atom. The first-order valence-electron chi connectivity index (χ1n) is 5.31. The van der Waals surface area contributed by atoms with E-state index < -0.39 is 0 Å². The minimum atomic E-state index is 0.00556. The first-order valence-corrected chi connectivity index (χ1v) is 5.31. The molecule has 1 heterocycles. The van der Waals surface area contributed by atoms with Crippen molar-refractivity contribution in [3.8, 4) is 0 Å². The highest BCUT2D eigenvalue weighted by Gasteiger charge is 2.14. The molecule has 88 valence electrons. The van der Waals surface area contributed by atoms with Crippen molar-refractivity contribution >= 4 is 11.5 Å². The molecule has 4 heteroatoms. The number of hydrogen-bond acceptors (Lipinski definition) is 3. The Labute approximate surface area is 97.0 Å². The van der Waals surface area contributed by atoms with E-state index in [2.05, 4.69) is 30.7 Å². The van der Waals surface area contributed by atoms with E-state index in [0.717, 1.165) is 12.2 Å². The molecule has 4 nitrogen and oxygen atoms in total. The summed E-state index contributed by atoms with van der Waals surface area (Å²) >= 11 is 0. The lowest BCUT2D eigenvalue weighted by Crippen LogP contribution is -2.29. The van der Waals surface area contributed by atoms with Crippen LogP contribution in [0.5, 0.6) is 0 Å². The molecule has 0 atom stereocenters. The molecule has 0 bridgehead atoms. The van der Waals surface area contributed by atoms with E-state index in [1.165, 1.54) is 0 Å². The van der Waals surface area contributed by atoms with Crippen LogP contribution in [0, 0.1) is 10.8 Å². The highest BCUT2D eigenvalue weighted by atomic mass is 15.1. The van der Waals surface area contributed by atoms with Gasteiger partial charge in [-0.1, -0.05) is 20.8 Å². The van der Waals surface area contributed by atoms with E-state index in [-0.39, 0.29) is 11.3 Å². The highest BCUT2D eigenvalue weighted by Crippen LogP contribution is 2.20. The van der Waals surface area contributed by atoms with Gasteiger partial charge in [0.15, 0.2) is 0 Å². The number of rotatable bonds is 3. The molecule has 1 rings (SSSR count). The lowest BCUT2D eigenvalue weighted by Gasteiger charge is -2.28. The van der Waals surface area contributed by atoms with Crippen LogP contribution in [-0.2, 0) is 0 Å². The Morgan fingerprint density at radius 1 is 1.50 bits per heavy atom. The van der Waals surface area contributed by atoms with Gasteiger partial charge < -0.3 is 10.6 Å². The SMILES string of the molecule is CN(CC(C)(C)C)c1ccnc(C(=N)N)c1. The summed E-state index contributed by atoms with van der Waals surface area (Å²) in [5.74, 6) is 0.00556. The van der Waals surface area contributed by atoms with E-state index >= 15 is 0 Å². The van der Waals surface area contributed by atoms with Gasteiger partial charge in [0.1, 0.15) is 11.5 Å². The molecule has 0 amide bonds. The minimum Gasteiger partial charge on any atom is -0.382 e. The molecule has 0 spiro atoms. The summed E-state index contributed by atoms with van der Waals surface area (Å²) in [6.45, 7) is 7.51. The third-order valence-corrected chi connectivity index (χ3v) is 2.17. The molecule has 16 heavy (non-hydrogen) atoms. The number of pyridine rings is 1. The fourth-order valence-electron chi connectivity index (χ4n) is 1.61. The molecular formula is C12H20N4. The average molecular weight is 220 g/mol. The second-order valence-corrected chi connectivity index (χ2v) is 5.23. The first-order chi connectivity index (χ1) is 7.29. The van der Waals surface area contributed by atoms with Gasteiger partial charge in [0.2, 0.25) is 0 Å². The molecule has 3 N–H and O–H groups in total. The lowest BCUT2D eigenvalue weighted by molar-refractivity contribution is 0.419. The number of amidine groups is 1. The normalized spacial score (nSPS) is 11.2. The zero-order chi connectivity index (χ0) is 12.3. The maximum Gasteiger partial charge on any atom is 0.141 e. The molecule has 0 radical (unpaired) electrons. The van der Waals surface area contributed by atoms with Crippen LogP contribution in [0.3, 0.4) is 0 Å². The van der Waals surface area contributed by atoms with Crippen molar-refractivity contribution < 1.29 is 0 Å². The summed E-state index contributed by atoms with van der Waals surface area (Å²) in [5, 5.41) is 7.35. The van der Waals surface area contributed by atoms with Crippen molar-refractivity contribution in [2.45, 2.75) is 20.8 Å². The zero-order valence-electron chi connectivity index (χ0n) is 10.4. The quantitative estimate of drug-likeness (QED) is 0.603. The van der Waals surface area contributed by atoms with Crippen molar-refractivity contribution in [2.75, 3.05) is 18.5 Å². The van der Waals surface area contributed by atoms with Crippen LogP contribution < -0.4 is 10.6 Å². The zero-order valence-corrected chi connectivity index (χ0v) is 10.4. The molecule has 1 aromatic rings. The predicted molar refractivity (Wildman–Crippen MR) is 68.0 cm³/mol. The largest absolute Gasteiger partial charge is 0.382 e. The van der Waals surface area contributed by atoms with Gasteiger partial charge in [-0.2, -0.15) is 0 Å². The third kappa shape index (κ3) is 3.53. The highest BCUT2D eigenvalue weighted by molar-refractivity contribution is 5.93. The van der Waals surface area contributed by atoms with Crippen molar-refractivity contribution in [2.24, 2.45) is 11.1 Å². The van der Waals surface area contributed by atoms with Gasteiger partial charge in [-0.15, -0.1) is 0 Å². The van der Waals surface area contributed by atoms with Crippen LogP contribution in [0.1, 0.15) is 26.5 Å². The van der Waals surface area contributed by atoms with Gasteiger partial charge in [0, 0.05) is 25.5 Å². The summed E-state index contributed by atoms with van der Waals surface area (Å²) < 4.78 is 0. The summed E-state index contributed by atoms with van der Waals surface area (Å²) in [6.07, 6.45) is 1.69. The van der Waals surface area contributed by atoms with Gasteiger partial charge in [-0.05, 0) is 17.5 Å². The number of aromatic nitrogens is 1. The van der Waals surface area contributed by atoms with Crippen LogP contribution in [0.2, 0.25) is 0 Å². The van der Waals surface area contributed by atoms with Crippen molar-refractivity contribution in [1.82, 2.24) is 4.98 Å². The van der Waals surface area contributed by atoms with E-state index in [0.29, 0.717) is 5.69 Å². The van der Waals surface area contributed by atoms with Crippen molar-refractivity contribution in [1.29, 1.82) is 5.41 Å². The van der Waals surface area contributed by atoms with Crippen LogP contribution in [0.4, 0.5) is 5.69 Å². The second kappa shape index (κ2) is 4.51. The molecule has 0 aliphatic carbocycles.